The molecule has 1 amide bonds. The Balaban J connectivity index is 2.69. The second kappa shape index (κ2) is 5.83. The first-order valence-corrected chi connectivity index (χ1v) is 5.39. The van der Waals surface area contributed by atoms with Gasteiger partial charge in [-0.1, -0.05) is 15.9 Å². The normalized spacial score (nSPS) is 12.2. The molecule has 1 unspecified atom stereocenters. The second-order valence-electron chi connectivity index (χ2n) is 3.21. The first-order valence-electron chi connectivity index (χ1n) is 4.60. The SMILES string of the molecule is O=C(NCC(O)CO)c1cc(Br)ccc1O. The van der Waals surface area contributed by atoms with Crippen LogP contribution >= 0.6 is 15.9 Å². The predicted molar refractivity (Wildman–Crippen MR) is 61.2 cm³/mol. The van der Waals surface area contributed by atoms with Crippen molar-refractivity contribution in [2.75, 3.05) is 13.2 Å². The van der Waals surface area contributed by atoms with Crippen LogP contribution in [0.15, 0.2) is 22.7 Å². The van der Waals surface area contributed by atoms with Crippen molar-refractivity contribution in [2.45, 2.75) is 6.10 Å². The van der Waals surface area contributed by atoms with Crippen molar-refractivity contribution in [2.24, 2.45) is 0 Å². The third-order valence-corrected chi connectivity index (χ3v) is 2.41. The molecule has 0 spiro atoms. The van der Waals surface area contributed by atoms with Gasteiger partial charge in [-0.2, -0.15) is 0 Å². The largest absolute Gasteiger partial charge is 0.507 e. The lowest BCUT2D eigenvalue weighted by Crippen LogP contribution is -2.33. The molecule has 1 aromatic carbocycles. The van der Waals surface area contributed by atoms with Gasteiger partial charge in [-0.25, -0.2) is 0 Å². The maximum absolute atomic E-state index is 11.6. The van der Waals surface area contributed by atoms with Crippen LogP contribution in [0.4, 0.5) is 0 Å². The lowest BCUT2D eigenvalue weighted by atomic mass is 10.2. The summed E-state index contributed by atoms with van der Waals surface area (Å²) in [6.07, 6.45) is -1.00. The number of carbonyl (C=O) groups excluding carboxylic acids is 1. The molecule has 5 nitrogen and oxygen atoms in total. The van der Waals surface area contributed by atoms with Crippen LogP contribution in [0.25, 0.3) is 0 Å². The zero-order chi connectivity index (χ0) is 12.1. The minimum atomic E-state index is -1.00. The van der Waals surface area contributed by atoms with E-state index in [9.17, 15) is 9.90 Å². The summed E-state index contributed by atoms with van der Waals surface area (Å²) in [5.41, 5.74) is 0.111. The van der Waals surface area contributed by atoms with Crippen molar-refractivity contribution in [3.05, 3.63) is 28.2 Å². The molecule has 1 aromatic rings. The molecule has 0 aliphatic carbocycles. The molecular weight excluding hydrogens is 278 g/mol. The van der Waals surface area contributed by atoms with Crippen LogP contribution in [0, 0.1) is 0 Å². The zero-order valence-electron chi connectivity index (χ0n) is 8.35. The molecule has 0 aliphatic rings. The van der Waals surface area contributed by atoms with E-state index in [4.69, 9.17) is 10.2 Å². The van der Waals surface area contributed by atoms with Gasteiger partial charge in [0.25, 0.3) is 5.91 Å². The fourth-order valence-electron chi connectivity index (χ4n) is 1.06. The number of hydrogen-bond donors (Lipinski definition) is 4. The molecule has 0 aliphatic heterocycles. The van der Waals surface area contributed by atoms with E-state index in [0.29, 0.717) is 4.47 Å². The summed E-state index contributed by atoms with van der Waals surface area (Å²) in [5, 5.41) is 29.4. The van der Waals surface area contributed by atoms with Gasteiger partial charge in [0.1, 0.15) is 5.75 Å². The van der Waals surface area contributed by atoms with Crippen molar-refractivity contribution in [1.82, 2.24) is 5.32 Å². The first-order chi connectivity index (χ1) is 7.54. The molecule has 6 heteroatoms. The van der Waals surface area contributed by atoms with Crippen molar-refractivity contribution in [3.8, 4) is 5.75 Å². The molecule has 88 valence electrons. The van der Waals surface area contributed by atoms with Crippen LogP contribution in [0.3, 0.4) is 0 Å². The van der Waals surface area contributed by atoms with Crippen molar-refractivity contribution >= 4 is 21.8 Å². The van der Waals surface area contributed by atoms with Crippen molar-refractivity contribution in [3.63, 3.8) is 0 Å². The van der Waals surface area contributed by atoms with Crippen LogP contribution < -0.4 is 5.32 Å². The number of nitrogens with one attached hydrogen (secondary N) is 1. The number of aliphatic hydroxyl groups is 2. The number of hydrogen-bond acceptors (Lipinski definition) is 4. The van der Waals surface area contributed by atoms with Gasteiger partial charge in [0.05, 0.1) is 18.3 Å². The predicted octanol–water partition coefficient (Wildman–Crippen LogP) is 0.238. The number of phenolic OH excluding ortho intramolecular Hbond substituents is 1. The van der Waals surface area contributed by atoms with Gasteiger partial charge < -0.3 is 20.6 Å². The summed E-state index contributed by atoms with van der Waals surface area (Å²) in [7, 11) is 0. The summed E-state index contributed by atoms with van der Waals surface area (Å²) in [6, 6.07) is 4.46. The Hall–Kier alpha value is -1.11. The summed E-state index contributed by atoms with van der Waals surface area (Å²) >= 11 is 3.18. The molecule has 0 saturated heterocycles. The number of rotatable bonds is 4. The number of halogens is 1. The average Bonchev–Trinajstić information content (AvgIpc) is 2.28. The van der Waals surface area contributed by atoms with Crippen LogP contribution in [-0.4, -0.2) is 40.5 Å². The zero-order valence-corrected chi connectivity index (χ0v) is 9.94. The Morgan fingerprint density at radius 2 is 2.19 bits per heavy atom. The van der Waals surface area contributed by atoms with Crippen molar-refractivity contribution < 1.29 is 20.1 Å². The molecule has 0 heterocycles. The number of aliphatic hydroxyl groups excluding tert-OH is 2. The Morgan fingerprint density at radius 1 is 1.50 bits per heavy atom. The standard InChI is InChI=1S/C10H12BrNO4/c11-6-1-2-9(15)8(3-6)10(16)12-4-7(14)5-13/h1-3,7,13-15H,4-5H2,(H,12,16). The maximum atomic E-state index is 11.6. The Kier molecular flexibility index (Phi) is 4.72. The molecule has 0 saturated carbocycles. The van der Waals surface area contributed by atoms with Crippen molar-refractivity contribution in [1.29, 1.82) is 0 Å². The Labute approximate surface area is 101 Å². The molecule has 0 fully saturated rings. The quantitative estimate of drug-likeness (QED) is 0.639. The second-order valence-corrected chi connectivity index (χ2v) is 4.12. The highest BCUT2D eigenvalue weighted by molar-refractivity contribution is 9.10. The van der Waals surface area contributed by atoms with E-state index in [1.165, 1.54) is 12.1 Å². The van der Waals surface area contributed by atoms with Gasteiger partial charge in [0.2, 0.25) is 0 Å². The minimum absolute atomic E-state index is 0.0682. The van der Waals surface area contributed by atoms with Gasteiger partial charge >= 0.3 is 0 Å². The Morgan fingerprint density at radius 3 is 2.81 bits per heavy atom. The molecule has 1 rings (SSSR count). The van der Waals surface area contributed by atoms with Gasteiger partial charge in [0, 0.05) is 11.0 Å². The number of benzene rings is 1. The first kappa shape index (κ1) is 13.0. The van der Waals surface area contributed by atoms with Crippen LogP contribution in [0.1, 0.15) is 10.4 Å². The molecule has 0 radical (unpaired) electrons. The van der Waals surface area contributed by atoms with E-state index >= 15 is 0 Å². The minimum Gasteiger partial charge on any atom is -0.507 e. The molecule has 4 N–H and O–H groups in total. The maximum Gasteiger partial charge on any atom is 0.255 e. The lowest BCUT2D eigenvalue weighted by molar-refractivity contribution is 0.0800. The topological polar surface area (TPSA) is 89.8 Å². The Bertz CT molecular complexity index is 383. The van der Waals surface area contributed by atoms with E-state index in [-0.39, 0.29) is 17.9 Å². The summed E-state index contributed by atoms with van der Waals surface area (Å²) < 4.78 is 0.665. The average molecular weight is 290 g/mol. The van der Waals surface area contributed by atoms with Crippen LogP contribution in [0.5, 0.6) is 5.75 Å². The van der Waals surface area contributed by atoms with Gasteiger partial charge in [-0.15, -0.1) is 0 Å². The number of aromatic hydroxyl groups is 1. The fourth-order valence-corrected chi connectivity index (χ4v) is 1.42. The van der Waals surface area contributed by atoms with E-state index in [1.807, 2.05) is 0 Å². The third kappa shape index (κ3) is 3.48. The molecule has 0 bridgehead atoms. The summed E-state index contributed by atoms with van der Waals surface area (Å²) in [6.45, 7) is -0.494. The summed E-state index contributed by atoms with van der Waals surface area (Å²) in [5.74, 6) is -0.648. The number of phenols is 1. The lowest BCUT2D eigenvalue weighted by Gasteiger charge is -2.10. The fraction of sp³-hybridized carbons (Fsp3) is 0.300. The summed E-state index contributed by atoms with van der Waals surface area (Å²) in [4.78, 5) is 11.6. The number of amides is 1. The van der Waals surface area contributed by atoms with E-state index in [0.717, 1.165) is 0 Å². The molecule has 16 heavy (non-hydrogen) atoms. The van der Waals surface area contributed by atoms with Crippen LogP contribution in [-0.2, 0) is 0 Å². The van der Waals surface area contributed by atoms with Gasteiger partial charge in [-0.3, -0.25) is 4.79 Å². The van der Waals surface area contributed by atoms with E-state index < -0.39 is 18.6 Å². The highest BCUT2D eigenvalue weighted by Crippen LogP contribution is 2.21. The highest BCUT2D eigenvalue weighted by atomic mass is 79.9. The van der Waals surface area contributed by atoms with Gasteiger partial charge in [0.15, 0.2) is 0 Å². The van der Waals surface area contributed by atoms with E-state index in [2.05, 4.69) is 21.2 Å². The monoisotopic (exact) mass is 289 g/mol. The molecule has 1 atom stereocenters. The van der Waals surface area contributed by atoms with Crippen LogP contribution in [0.2, 0.25) is 0 Å². The van der Waals surface area contributed by atoms with Gasteiger partial charge in [-0.05, 0) is 18.2 Å². The smallest absolute Gasteiger partial charge is 0.255 e. The molecular formula is C10H12BrNO4. The van der Waals surface area contributed by atoms with E-state index in [1.54, 1.807) is 6.07 Å². The number of carbonyl (C=O) groups is 1. The highest BCUT2D eigenvalue weighted by Gasteiger charge is 2.12. The molecule has 0 aromatic heterocycles. The third-order valence-electron chi connectivity index (χ3n) is 1.91.